The van der Waals surface area contributed by atoms with Gasteiger partial charge in [0.25, 0.3) is 0 Å². The zero-order chi connectivity index (χ0) is 9.84. The second-order valence-electron chi connectivity index (χ2n) is 3.42. The Morgan fingerprint density at radius 3 is 2.92 bits per heavy atom. The van der Waals surface area contributed by atoms with Crippen LogP contribution < -0.4 is 5.32 Å². The molecule has 0 aromatic carbocycles. The van der Waals surface area contributed by atoms with Crippen LogP contribution in [-0.2, 0) is 9.53 Å². The van der Waals surface area contributed by atoms with E-state index in [2.05, 4.69) is 19.2 Å². The fourth-order valence-electron chi connectivity index (χ4n) is 0.887. The molecule has 0 fully saturated rings. The van der Waals surface area contributed by atoms with Crippen molar-refractivity contribution in [2.24, 2.45) is 5.92 Å². The first kappa shape index (κ1) is 9.84. The second kappa shape index (κ2) is 4.12. The number of hydrogen-bond donors (Lipinski definition) is 1. The molecule has 1 rings (SSSR count). The van der Waals surface area contributed by atoms with Crippen LogP contribution in [0.3, 0.4) is 0 Å². The molecule has 1 aliphatic heterocycles. The van der Waals surface area contributed by atoms with Crippen LogP contribution >= 0.6 is 0 Å². The quantitative estimate of drug-likeness (QED) is 0.702. The summed E-state index contributed by atoms with van der Waals surface area (Å²) in [6.45, 7) is 6.51. The minimum Gasteiger partial charge on any atom is -0.473 e. The number of ether oxygens (including phenoxy) is 1. The number of allylic oxidation sites excluding steroid dienone is 2. The molecule has 0 spiro atoms. The summed E-state index contributed by atoms with van der Waals surface area (Å²) in [6, 6.07) is 0. The van der Waals surface area contributed by atoms with Gasteiger partial charge in [0, 0.05) is 6.08 Å². The molecular weight excluding hydrogens is 166 g/mol. The minimum atomic E-state index is -0.0888. The standard InChI is InChI=1S/C10H15NO2/c1-7(2)8(3)4-9-5-10(12)11-6-13-9/h4-5,7H,6H2,1-3H3,(H,11,12). The van der Waals surface area contributed by atoms with E-state index in [0.29, 0.717) is 11.7 Å². The maximum atomic E-state index is 10.9. The highest BCUT2D eigenvalue weighted by molar-refractivity contribution is 5.88. The Hall–Kier alpha value is -1.25. The second-order valence-corrected chi connectivity index (χ2v) is 3.42. The lowest BCUT2D eigenvalue weighted by molar-refractivity contribution is -0.119. The summed E-state index contributed by atoms with van der Waals surface area (Å²) in [4.78, 5) is 10.9. The molecule has 0 saturated carbocycles. The van der Waals surface area contributed by atoms with Crippen molar-refractivity contribution < 1.29 is 9.53 Å². The maximum absolute atomic E-state index is 10.9. The summed E-state index contributed by atoms with van der Waals surface area (Å²) >= 11 is 0. The van der Waals surface area contributed by atoms with E-state index in [1.807, 2.05) is 13.0 Å². The monoisotopic (exact) mass is 181 g/mol. The largest absolute Gasteiger partial charge is 0.473 e. The van der Waals surface area contributed by atoms with Gasteiger partial charge in [0.2, 0.25) is 5.91 Å². The van der Waals surface area contributed by atoms with Crippen molar-refractivity contribution in [3.63, 3.8) is 0 Å². The molecule has 1 aliphatic rings. The summed E-state index contributed by atoms with van der Waals surface area (Å²) in [5.74, 6) is 1.04. The predicted molar refractivity (Wildman–Crippen MR) is 50.8 cm³/mol. The first-order valence-corrected chi connectivity index (χ1v) is 4.40. The molecule has 3 nitrogen and oxygen atoms in total. The summed E-state index contributed by atoms with van der Waals surface area (Å²) in [6.07, 6.45) is 3.37. The van der Waals surface area contributed by atoms with Gasteiger partial charge in [-0.2, -0.15) is 0 Å². The normalized spacial score (nSPS) is 18.0. The van der Waals surface area contributed by atoms with Crippen molar-refractivity contribution >= 4 is 5.91 Å². The first-order valence-electron chi connectivity index (χ1n) is 4.40. The lowest BCUT2D eigenvalue weighted by Gasteiger charge is -2.14. The van der Waals surface area contributed by atoms with Crippen molar-refractivity contribution in [3.05, 3.63) is 23.5 Å². The van der Waals surface area contributed by atoms with Crippen LogP contribution in [0.5, 0.6) is 0 Å². The molecule has 0 aromatic rings. The molecular formula is C10H15NO2. The summed E-state index contributed by atoms with van der Waals surface area (Å²) in [5.41, 5.74) is 1.21. The van der Waals surface area contributed by atoms with E-state index < -0.39 is 0 Å². The molecule has 1 heterocycles. The predicted octanol–water partition coefficient (Wildman–Crippen LogP) is 1.58. The highest BCUT2D eigenvalue weighted by Crippen LogP contribution is 2.13. The molecule has 1 N–H and O–H groups in total. The first-order chi connectivity index (χ1) is 6.09. The highest BCUT2D eigenvalue weighted by atomic mass is 16.5. The number of nitrogens with one attached hydrogen (secondary N) is 1. The van der Waals surface area contributed by atoms with Gasteiger partial charge < -0.3 is 10.1 Å². The zero-order valence-electron chi connectivity index (χ0n) is 8.26. The van der Waals surface area contributed by atoms with Crippen molar-refractivity contribution in [3.8, 4) is 0 Å². The summed E-state index contributed by atoms with van der Waals surface area (Å²) < 4.78 is 5.22. The molecule has 72 valence electrons. The molecule has 0 saturated heterocycles. The zero-order valence-corrected chi connectivity index (χ0v) is 8.26. The van der Waals surface area contributed by atoms with E-state index in [1.54, 1.807) is 0 Å². The number of carbonyl (C=O) groups is 1. The van der Waals surface area contributed by atoms with Crippen LogP contribution in [0, 0.1) is 5.92 Å². The molecule has 13 heavy (non-hydrogen) atoms. The topological polar surface area (TPSA) is 38.3 Å². The van der Waals surface area contributed by atoms with Crippen molar-refractivity contribution in [2.75, 3.05) is 6.73 Å². The molecule has 0 aliphatic carbocycles. The SMILES string of the molecule is CC(=CC1=CC(=O)NCO1)C(C)C. The van der Waals surface area contributed by atoms with Crippen LogP contribution in [-0.4, -0.2) is 12.6 Å². The van der Waals surface area contributed by atoms with Gasteiger partial charge in [-0.15, -0.1) is 0 Å². The molecule has 0 atom stereocenters. The van der Waals surface area contributed by atoms with Crippen LogP contribution in [0.2, 0.25) is 0 Å². The van der Waals surface area contributed by atoms with Crippen LogP contribution in [0.15, 0.2) is 23.5 Å². The van der Waals surface area contributed by atoms with Gasteiger partial charge in [0.1, 0.15) is 5.76 Å². The van der Waals surface area contributed by atoms with Crippen LogP contribution in [0.4, 0.5) is 0 Å². The van der Waals surface area contributed by atoms with Gasteiger partial charge in [0.05, 0.1) is 0 Å². The average Bonchev–Trinajstić information content (AvgIpc) is 2.04. The Balaban J connectivity index is 2.72. The maximum Gasteiger partial charge on any atom is 0.250 e. The number of hydrogen-bond acceptors (Lipinski definition) is 2. The number of carbonyl (C=O) groups excluding carboxylic acids is 1. The third kappa shape index (κ3) is 2.93. The lowest BCUT2D eigenvalue weighted by Crippen LogP contribution is -2.28. The summed E-state index contributed by atoms with van der Waals surface area (Å²) in [7, 11) is 0. The van der Waals surface area contributed by atoms with E-state index in [0.717, 1.165) is 0 Å². The van der Waals surface area contributed by atoms with Gasteiger partial charge in [-0.25, -0.2) is 0 Å². The Bertz CT molecular complexity index is 264. The van der Waals surface area contributed by atoms with Gasteiger partial charge in [-0.05, 0) is 18.9 Å². The lowest BCUT2D eigenvalue weighted by atomic mass is 10.0. The van der Waals surface area contributed by atoms with E-state index >= 15 is 0 Å². The molecule has 0 radical (unpaired) electrons. The van der Waals surface area contributed by atoms with E-state index in [4.69, 9.17) is 4.74 Å². The molecule has 0 bridgehead atoms. The van der Waals surface area contributed by atoms with Crippen molar-refractivity contribution in [1.82, 2.24) is 5.32 Å². The van der Waals surface area contributed by atoms with Gasteiger partial charge in [0.15, 0.2) is 6.73 Å². The highest BCUT2D eigenvalue weighted by Gasteiger charge is 2.08. The third-order valence-corrected chi connectivity index (χ3v) is 2.04. The Morgan fingerprint density at radius 1 is 1.69 bits per heavy atom. The fraction of sp³-hybridized carbons (Fsp3) is 0.500. The van der Waals surface area contributed by atoms with Crippen molar-refractivity contribution in [1.29, 1.82) is 0 Å². The van der Waals surface area contributed by atoms with Crippen LogP contribution in [0.1, 0.15) is 20.8 Å². The smallest absolute Gasteiger partial charge is 0.250 e. The molecule has 1 amide bonds. The number of rotatable bonds is 2. The third-order valence-electron chi connectivity index (χ3n) is 2.04. The average molecular weight is 181 g/mol. The molecule has 0 aromatic heterocycles. The van der Waals surface area contributed by atoms with Gasteiger partial charge >= 0.3 is 0 Å². The van der Waals surface area contributed by atoms with E-state index in [9.17, 15) is 4.79 Å². The molecule has 0 unspecified atom stereocenters. The summed E-state index contributed by atoms with van der Waals surface area (Å²) in [5, 5.41) is 2.55. The Kier molecular flexibility index (Phi) is 3.12. The minimum absolute atomic E-state index is 0.0888. The fourth-order valence-corrected chi connectivity index (χ4v) is 0.887. The van der Waals surface area contributed by atoms with E-state index in [1.165, 1.54) is 11.6 Å². The Labute approximate surface area is 78.5 Å². The Morgan fingerprint density at radius 2 is 2.38 bits per heavy atom. The van der Waals surface area contributed by atoms with E-state index in [-0.39, 0.29) is 12.6 Å². The van der Waals surface area contributed by atoms with Crippen molar-refractivity contribution in [2.45, 2.75) is 20.8 Å². The van der Waals surface area contributed by atoms with Gasteiger partial charge in [-0.3, -0.25) is 4.79 Å². The number of amides is 1. The van der Waals surface area contributed by atoms with Gasteiger partial charge in [-0.1, -0.05) is 19.4 Å². The van der Waals surface area contributed by atoms with Crippen LogP contribution in [0.25, 0.3) is 0 Å². The molecule has 3 heteroatoms.